The van der Waals surface area contributed by atoms with Gasteiger partial charge in [-0.25, -0.2) is 0 Å². The summed E-state index contributed by atoms with van der Waals surface area (Å²) in [6.45, 7) is 3.80. The number of pyridine rings is 1. The number of nitrogens with zero attached hydrogens (tertiary/aromatic N) is 5. The maximum Gasteiger partial charge on any atom is 0.233 e. The van der Waals surface area contributed by atoms with Crippen molar-refractivity contribution >= 4 is 17.7 Å². The molecule has 4 rings (SSSR count). The third-order valence-electron chi connectivity index (χ3n) is 5.40. The number of rotatable bonds is 5. The van der Waals surface area contributed by atoms with E-state index in [1.165, 1.54) is 36.6 Å². The molecule has 6 nitrogen and oxygen atoms in total. The van der Waals surface area contributed by atoms with E-state index in [9.17, 15) is 4.79 Å². The van der Waals surface area contributed by atoms with Gasteiger partial charge in [0.15, 0.2) is 11.0 Å². The zero-order valence-electron chi connectivity index (χ0n) is 17.3. The van der Waals surface area contributed by atoms with Gasteiger partial charge in [0.25, 0.3) is 0 Å². The molecule has 0 spiro atoms. The summed E-state index contributed by atoms with van der Waals surface area (Å²) >= 11 is 1.46. The van der Waals surface area contributed by atoms with Gasteiger partial charge in [-0.05, 0) is 44.0 Å². The summed E-state index contributed by atoms with van der Waals surface area (Å²) in [4.78, 5) is 19.0. The highest BCUT2D eigenvalue weighted by Crippen LogP contribution is 2.28. The Hall–Kier alpha value is -2.67. The van der Waals surface area contributed by atoms with Gasteiger partial charge in [-0.1, -0.05) is 48.7 Å². The summed E-state index contributed by atoms with van der Waals surface area (Å²) < 4.78 is 2.03. The van der Waals surface area contributed by atoms with E-state index in [-0.39, 0.29) is 5.91 Å². The smallest absolute Gasteiger partial charge is 0.233 e. The van der Waals surface area contributed by atoms with Crippen molar-refractivity contribution in [2.24, 2.45) is 0 Å². The topological polar surface area (TPSA) is 63.9 Å². The fourth-order valence-electron chi connectivity index (χ4n) is 3.69. The average Bonchev–Trinajstić information content (AvgIpc) is 3.17. The standard InChI is InChI=1S/C23H27N5OS/c1-18-7-9-20(10-8-18)28-22(19-11-13-24-14-12-19)25-26-23(28)30-17-21(29)27-15-5-3-2-4-6-16-27/h7-14H,2-6,15-17H2,1H3. The van der Waals surface area contributed by atoms with E-state index in [0.717, 1.165) is 48.2 Å². The molecule has 0 bridgehead atoms. The van der Waals surface area contributed by atoms with Crippen LogP contribution in [0.5, 0.6) is 0 Å². The molecule has 0 unspecified atom stereocenters. The summed E-state index contributed by atoms with van der Waals surface area (Å²) in [5.41, 5.74) is 3.12. The minimum absolute atomic E-state index is 0.186. The summed E-state index contributed by atoms with van der Waals surface area (Å²) in [5.74, 6) is 1.31. The number of hydrogen-bond acceptors (Lipinski definition) is 5. The van der Waals surface area contributed by atoms with Crippen LogP contribution >= 0.6 is 11.8 Å². The number of amides is 1. The van der Waals surface area contributed by atoms with Crippen molar-refractivity contribution in [2.75, 3.05) is 18.8 Å². The van der Waals surface area contributed by atoms with Gasteiger partial charge in [0.2, 0.25) is 5.91 Å². The highest BCUT2D eigenvalue weighted by atomic mass is 32.2. The van der Waals surface area contributed by atoms with E-state index >= 15 is 0 Å². The van der Waals surface area contributed by atoms with E-state index in [2.05, 4.69) is 46.4 Å². The number of hydrogen-bond donors (Lipinski definition) is 0. The van der Waals surface area contributed by atoms with Crippen molar-refractivity contribution in [1.29, 1.82) is 0 Å². The molecule has 2 aromatic heterocycles. The zero-order valence-corrected chi connectivity index (χ0v) is 18.1. The summed E-state index contributed by atoms with van der Waals surface area (Å²) in [5, 5.41) is 9.60. The maximum absolute atomic E-state index is 12.8. The lowest BCUT2D eigenvalue weighted by molar-refractivity contribution is -0.128. The normalized spacial score (nSPS) is 14.9. The minimum Gasteiger partial charge on any atom is -0.342 e. The van der Waals surface area contributed by atoms with Gasteiger partial charge in [-0.15, -0.1) is 10.2 Å². The first-order valence-corrected chi connectivity index (χ1v) is 11.5. The second-order valence-electron chi connectivity index (χ2n) is 7.65. The van der Waals surface area contributed by atoms with Gasteiger partial charge < -0.3 is 4.90 Å². The number of likely N-dealkylation sites (tertiary alicyclic amines) is 1. The van der Waals surface area contributed by atoms with E-state index in [4.69, 9.17) is 0 Å². The van der Waals surface area contributed by atoms with Gasteiger partial charge in [-0.2, -0.15) is 0 Å². The van der Waals surface area contributed by atoms with Gasteiger partial charge in [0.1, 0.15) is 0 Å². The van der Waals surface area contributed by atoms with Gasteiger partial charge in [-0.3, -0.25) is 14.3 Å². The Morgan fingerprint density at radius 1 is 0.933 bits per heavy atom. The molecule has 0 aliphatic carbocycles. The molecule has 156 valence electrons. The molecule has 3 heterocycles. The van der Waals surface area contributed by atoms with Crippen LogP contribution in [0.25, 0.3) is 17.1 Å². The van der Waals surface area contributed by atoms with E-state index in [1.807, 2.05) is 21.6 Å². The first-order valence-electron chi connectivity index (χ1n) is 10.6. The van der Waals surface area contributed by atoms with Crippen LogP contribution in [-0.2, 0) is 4.79 Å². The highest BCUT2D eigenvalue weighted by molar-refractivity contribution is 7.99. The van der Waals surface area contributed by atoms with Crippen molar-refractivity contribution in [3.63, 3.8) is 0 Å². The van der Waals surface area contributed by atoms with Crippen LogP contribution in [-0.4, -0.2) is 49.4 Å². The number of carbonyl (C=O) groups excluding carboxylic acids is 1. The third kappa shape index (κ3) is 4.90. The van der Waals surface area contributed by atoms with E-state index < -0.39 is 0 Å². The lowest BCUT2D eigenvalue weighted by atomic mass is 10.1. The quantitative estimate of drug-likeness (QED) is 0.567. The molecule has 1 aliphatic heterocycles. The second kappa shape index (κ2) is 9.89. The van der Waals surface area contributed by atoms with Gasteiger partial charge in [0, 0.05) is 36.7 Å². The van der Waals surface area contributed by atoms with Crippen molar-refractivity contribution in [3.05, 3.63) is 54.4 Å². The molecule has 30 heavy (non-hydrogen) atoms. The fraction of sp³-hybridized carbons (Fsp3) is 0.391. The molecule has 1 amide bonds. The van der Waals surface area contributed by atoms with Gasteiger partial charge >= 0.3 is 0 Å². The second-order valence-corrected chi connectivity index (χ2v) is 8.59. The summed E-state index contributed by atoms with van der Waals surface area (Å²) in [6, 6.07) is 12.1. The third-order valence-corrected chi connectivity index (χ3v) is 6.31. The largest absolute Gasteiger partial charge is 0.342 e. The van der Waals surface area contributed by atoms with Crippen molar-refractivity contribution in [1.82, 2.24) is 24.6 Å². The Morgan fingerprint density at radius 2 is 1.60 bits per heavy atom. The highest BCUT2D eigenvalue weighted by Gasteiger charge is 2.20. The molecule has 0 radical (unpaired) electrons. The first-order chi connectivity index (χ1) is 14.7. The summed E-state index contributed by atoms with van der Waals surface area (Å²) in [6.07, 6.45) is 9.42. The molecule has 1 saturated heterocycles. The Morgan fingerprint density at radius 3 is 2.30 bits per heavy atom. The number of thioether (sulfide) groups is 1. The molecule has 0 N–H and O–H groups in total. The number of carbonyl (C=O) groups is 1. The van der Waals surface area contributed by atoms with E-state index in [0.29, 0.717) is 5.75 Å². The lowest BCUT2D eigenvalue weighted by Gasteiger charge is -2.24. The molecule has 3 aromatic rings. The van der Waals surface area contributed by atoms with E-state index in [1.54, 1.807) is 12.4 Å². The Bertz CT molecular complexity index is 963. The Balaban J connectivity index is 1.57. The van der Waals surface area contributed by atoms with Crippen LogP contribution in [0.2, 0.25) is 0 Å². The molecule has 1 aliphatic rings. The predicted molar refractivity (Wildman–Crippen MR) is 120 cm³/mol. The Labute approximate surface area is 181 Å². The maximum atomic E-state index is 12.8. The lowest BCUT2D eigenvalue weighted by Crippen LogP contribution is -2.35. The number of aromatic nitrogens is 4. The monoisotopic (exact) mass is 421 g/mol. The summed E-state index contributed by atoms with van der Waals surface area (Å²) in [7, 11) is 0. The minimum atomic E-state index is 0.186. The molecular formula is C23H27N5OS. The predicted octanol–water partition coefficient (Wildman–Crippen LogP) is 4.52. The average molecular weight is 422 g/mol. The number of benzene rings is 1. The molecule has 7 heteroatoms. The van der Waals surface area contributed by atoms with Crippen LogP contribution in [0.1, 0.15) is 37.7 Å². The van der Waals surface area contributed by atoms with Crippen LogP contribution in [0, 0.1) is 6.92 Å². The van der Waals surface area contributed by atoms with Crippen molar-refractivity contribution < 1.29 is 4.79 Å². The SMILES string of the molecule is Cc1ccc(-n2c(SCC(=O)N3CCCCCCC3)nnc2-c2ccncc2)cc1. The molecule has 1 fully saturated rings. The fourth-order valence-corrected chi connectivity index (χ4v) is 4.55. The van der Waals surface area contributed by atoms with Crippen molar-refractivity contribution in [3.8, 4) is 17.1 Å². The number of aryl methyl sites for hydroxylation is 1. The molecular weight excluding hydrogens is 394 g/mol. The zero-order chi connectivity index (χ0) is 20.8. The first kappa shape index (κ1) is 20.6. The Kier molecular flexibility index (Phi) is 6.79. The van der Waals surface area contributed by atoms with Gasteiger partial charge in [0.05, 0.1) is 5.75 Å². The van der Waals surface area contributed by atoms with Crippen LogP contribution in [0.4, 0.5) is 0 Å². The van der Waals surface area contributed by atoms with Crippen LogP contribution < -0.4 is 0 Å². The molecule has 1 aromatic carbocycles. The van der Waals surface area contributed by atoms with Crippen LogP contribution in [0.3, 0.4) is 0 Å². The van der Waals surface area contributed by atoms with Crippen molar-refractivity contribution in [2.45, 2.75) is 44.2 Å². The van der Waals surface area contributed by atoms with Crippen LogP contribution in [0.15, 0.2) is 53.9 Å². The molecule has 0 atom stereocenters. The molecule has 0 saturated carbocycles.